The van der Waals surface area contributed by atoms with Gasteiger partial charge in [0.25, 0.3) is 0 Å². The Morgan fingerprint density at radius 3 is 2.41 bits per heavy atom. The third-order valence-corrected chi connectivity index (χ3v) is 5.00. The molecule has 0 aliphatic carbocycles. The molecule has 4 nitrogen and oxygen atoms in total. The fourth-order valence-corrected chi connectivity index (χ4v) is 3.45. The molecule has 144 valence electrons. The maximum atomic E-state index is 12.2. The summed E-state index contributed by atoms with van der Waals surface area (Å²) in [5, 5.41) is 0.903. The highest BCUT2D eigenvalue weighted by molar-refractivity contribution is 5.72. The zero-order valence-electron chi connectivity index (χ0n) is 16.3. The highest BCUT2D eigenvalue weighted by Crippen LogP contribution is 2.18. The Morgan fingerprint density at radius 2 is 1.67 bits per heavy atom. The van der Waals surface area contributed by atoms with Crippen LogP contribution in [0.3, 0.4) is 0 Å². The monoisotopic (exact) mass is 366 g/mol. The lowest BCUT2D eigenvalue weighted by molar-refractivity contribution is 0.510. The molecule has 2 heterocycles. The molecule has 0 fully saturated rings. The molecule has 3 rings (SSSR count). The van der Waals surface area contributed by atoms with E-state index in [4.69, 9.17) is 4.42 Å². The normalized spacial score (nSPS) is 11.3. The molecular weight excluding hydrogens is 336 g/mol. The van der Waals surface area contributed by atoms with Crippen molar-refractivity contribution < 1.29 is 4.42 Å². The van der Waals surface area contributed by atoms with Gasteiger partial charge in [0.1, 0.15) is 5.76 Å². The number of benzene rings is 1. The van der Waals surface area contributed by atoms with Crippen LogP contribution in [0, 0.1) is 0 Å². The lowest BCUT2D eigenvalue weighted by Crippen LogP contribution is -2.22. The topological polar surface area (TPSA) is 48.0 Å². The first kappa shape index (κ1) is 19.4. The molecule has 0 aliphatic heterocycles. The Kier molecular flexibility index (Phi) is 7.26. The summed E-state index contributed by atoms with van der Waals surface area (Å²) in [6, 6.07) is 12.0. The van der Waals surface area contributed by atoms with Crippen LogP contribution in [0.25, 0.3) is 11.1 Å². The number of aromatic nitrogens is 2. The summed E-state index contributed by atoms with van der Waals surface area (Å²) in [5.74, 6) is 0.931. The number of rotatable bonds is 11. The first-order valence-electron chi connectivity index (χ1n) is 10.3. The Morgan fingerprint density at radius 1 is 0.963 bits per heavy atom. The van der Waals surface area contributed by atoms with E-state index in [1.54, 1.807) is 4.57 Å². The van der Waals surface area contributed by atoms with Crippen molar-refractivity contribution in [2.45, 2.75) is 71.3 Å². The maximum absolute atomic E-state index is 12.2. The number of hydrogen-bond acceptors (Lipinski definition) is 3. The van der Waals surface area contributed by atoms with Gasteiger partial charge in [-0.3, -0.25) is 4.57 Å². The van der Waals surface area contributed by atoms with E-state index < -0.39 is 0 Å². The summed E-state index contributed by atoms with van der Waals surface area (Å²) < 4.78 is 7.44. The minimum atomic E-state index is -0.265. The number of furan rings is 1. The van der Waals surface area contributed by atoms with Crippen LogP contribution in [0.15, 0.2) is 51.8 Å². The molecule has 4 heteroatoms. The molecule has 0 aliphatic rings. The summed E-state index contributed by atoms with van der Waals surface area (Å²) >= 11 is 0. The number of aryl methyl sites for hydroxylation is 1. The third-order valence-electron chi connectivity index (χ3n) is 5.00. The first-order chi connectivity index (χ1) is 13.3. The number of nitrogens with zero attached hydrogens (tertiary/aromatic N) is 2. The molecule has 3 aromatic rings. The van der Waals surface area contributed by atoms with Gasteiger partial charge in [-0.1, -0.05) is 82.2 Å². The molecule has 0 saturated carbocycles. The lowest BCUT2D eigenvalue weighted by Gasteiger charge is -2.04. The number of unbranched alkanes of at least 4 members (excludes halogenated alkanes) is 7. The largest absolute Gasteiger partial charge is 0.443 e. The van der Waals surface area contributed by atoms with Gasteiger partial charge in [0, 0.05) is 12.6 Å². The molecule has 0 N–H and O–H groups in total. The quantitative estimate of drug-likeness (QED) is 0.408. The fourth-order valence-electron chi connectivity index (χ4n) is 3.45. The molecule has 0 saturated heterocycles. The van der Waals surface area contributed by atoms with E-state index in [9.17, 15) is 4.79 Å². The SMILES string of the molecule is CCCCCCCCCCc1cc2cn(Cc3ccccc3)c(=O)nc2o1. The smallest absolute Gasteiger partial charge is 0.351 e. The molecule has 0 radical (unpaired) electrons. The van der Waals surface area contributed by atoms with Crippen LogP contribution in [0.1, 0.15) is 69.6 Å². The van der Waals surface area contributed by atoms with Crippen molar-refractivity contribution in [1.29, 1.82) is 0 Å². The van der Waals surface area contributed by atoms with E-state index in [0.29, 0.717) is 12.3 Å². The molecular formula is C23H30N2O2. The summed E-state index contributed by atoms with van der Waals surface area (Å²) in [5.41, 5.74) is 1.28. The predicted molar refractivity (Wildman–Crippen MR) is 110 cm³/mol. The minimum absolute atomic E-state index is 0.265. The van der Waals surface area contributed by atoms with Crippen molar-refractivity contribution in [1.82, 2.24) is 9.55 Å². The van der Waals surface area contributed by atoms with Gasteiger partial charge >= 0.3 is 5.69 Å². The molecule has 0 bridgehead atoms. The van der Waals surface area contributed by atoms with E-state index in [1.807, 2.05) is 42.6 Å². The van der Waals surface area contributed by atoms with Gasteiger partial charge in [0.15, 0.2) is 0 Å². The van der Waals surface area contributed by atoms with Gasteiger partial charge in [-0.05, 0) is 18.1 Å². The first-order valence-corrected chi connectivity index (χ1v) is 10.3. The third kappa shape index (κ3) is 5.81. The Balaban J connectivity index is 1.53. The van der Waals surface area contributed by atoms with E-state index in [2.05, 4.69) is 11.9 Å². The van der Waals surface area contributed by atoms with Crippen LogP contribution in [0.2, 0.25) is 0 Å². The molecule has 0 unspecified atom stereocenters. The second-order valence-corrected chi connectivity index (χ2v) is 7.34. The van der Waals surface area contributed by atoms with E-state index in [0.717, 1.165) is 29.6 Å². The van der Waals surface area contributed by atoms with Crippen molar-refractivity contribution in [3.8, 4) is 0 Å². The van der Waals surface area contributed by atoms with Crippen molar-refractivity contribution >= 4 is 11.1 Å². The van der Waals surface area contributed by atoms with Gasteiger partial charge < -0.3 is 4.42 Å². The summed E-state index contributed by atoms with van der Waals surface area (Å²) in [4.78, 5) is 16.4. The Bertz CT molecular complexity index is 880. The molecule has 2 aromatic heterocycles. The summed E-state index contributed by atoms with van der Waals surface area (Å²) in [6.07, 6.45) is 13.2. The van der Waals surface area contributed by atoms with Crippen LogP contribution in [0.5, 0.6) is 0 Å². The average molecular weight is 367 g/mol. The van der Waals surface area contributed by atoms with E-state index in [1.165, 1.54) is 44.9 Å². The van der Waals surface area contributed by atoms with E-state index in [-0.39, 0.29) is 5.69 Å². The molecule has 27 heavy (non-hydrogen) atoms. The lowest BCUT2D eigenvalue weighted by atomic mass is 10.1. The van der Waals surface area contributed by atoms with Crippen molar-refractivity contribution in [2.24, 2.45) is 0 Å². The highest BCUT2D eigenvalue weighted by Gasteiger charge is 2.09. The van der Waals surface area contributed by atoms with E-state index >= 15 is 0 Å². The Labute approximate surface area is 161 Å². The highest BCUT2D eigenvalue weighted by atomic mass is 16.3. The van der Waals surface area contributed by atoms with Gasteiger partial charge in [0.2, 0.25) is 5.71 Å². The average Bonchev–Trinajstić information content (AvgIpc) is 3.06. The van der Waals surface area contributed by atoms with Crippen molar-refractivity contribution in [3.05, 3.63) is 64.4 Å². The predicted octanol–water partition coefficient (Wildman–Crippen LogP) is 5.72. The number of hydrogen-bond donors (Lipinski definition) is 0. The fraction of sp³-hybridized carbons (Fsp3) is 0.478. The molecule has 0 atom stereocenters. The van der Waals surface area contributed by atoms with Gasteiger partial charge in [-0.15, -0.1) is 0 Å². The van der Waals surface area contributed by atoms with Crippen LogP contribution < -0.4 is 5.69 Å². The molecule has 1 aromatic carbocycles. The maximum Gasteiger partial charge on any atom is 0.351 e. The van der Waals surface area contributed by atoms with Gasteiger partial charge in [-0.2, -0.15) is 4.98 Å². The molecule has 0 amide bonds. The van der Waals surface area contributed by atoms with Crippen LogP contribution in [0.4, 0.5) is 0 Å². The molecule has 0 spiro atoms. The second kappa shape index (κ2) is 10.1. The van der Waals surface area contributed by atoms with Crippen LogP contribution in [-0.2, 0) is 13.0 Å². The van der Waals surface area contributed by atoms with Crippen molar-refractivity contribution in [3.63, 3.8) is 0 Å². The second-order valence-electron chi connectivity index (χ2n) is 7.34. The van der Waals surface area contributed by atoms with Crippen LogP contribution >= 0.6 is 0 Å². The number of fused-ring (bicyclic) bond motifs is 1. The zero-order valence-corrected chi connectivity index (χ0v) is 16.3. The summed E-state index contributed by atoms with van der Waals surface area (Å²) in [6.45, 7) is 2.78. The van der Waals surface area contributed by atoms with Gasteiger partial charge in [-0.25, -0.2) is 4.79 Å². The Hall–Kier alpha value is -2.36. The zero-order chi connectivity index (χ0) is 18.9. The van der Waals surface area contributed by atoms with Gasteiger partial charge in [0.05, 0.1) is 11.9 Å². The standard InChI is InChI=1S/C23H30N2O2/c1-2-3-4-5-6-7-8-12-15-21-16-20-18-25(23(26)24-22(20)27-21)17-19-13-10-9-11-14-19/h9-11,13-14,16,18H,2-8,12,15,17H2,1H3. The summed E-state index contributed by atoms with van der Waals surface area (Å²) in [7, 11) is 0. The van der Waals surface area contributed by atoms with Crippen molar-refractivity contribution in [2.75, 3.05) is 0 Å². The van der Waals surface area contributed by atoms with Crippen LogP contribution in [-0.4, -0.2) is 9.55 Å². The minimum Gasteiger partial charge on any atom is -0.443 e.